The molecule has 0 spiro atoms. The van der Waals surface area contributed by atoms with Crippen LogP contribution >= 0.6 is 0 Å². The quantitative estimate of drug-likeness (QED) is 0.573. The van der Waals surface area contributed by atoms with Crippen molar-refractivity contribution >= 4 is 17.3 Å². The van der Waals surface area contributed by atoms with Crippen LogP contribution in [0.25, 0.3) is 0 Å². The molecular weight excluding hydrogens is 364 g/mol. The van der Waals surface area contributed by atoms with E-state index >= 15 is 0 Å². The van der Waals surface area contributed by atoms with Gasteiger partial charge in [-0.2, -0.15) is 0 Å². The smallest absolute Gasteiger partial charge is 0.265 e. The molecule has 5 heteroatoms. The average molecular weight is 390 g/mol. The molecule has 0 N–H and O–H groups in total. The summed E-state index contributed by atoms with van der Waals surface area (Å²) in [6.07, 6.45) is 0. The van der Waals surface area contributed by atoms with Gasteiger partial charge in [-0.3, -0.25) is 4.79 Å². The Hall–Kier alpha value is -3.47. The van der Waals surface area contributed by atoms with Gasteiger partial charge in [0.05, 0.1) is 13.7 Å². The fourth-order valence-corrected chi connectivity index (χ4v) is 2.91. The molecule has 5 nitrogen and oxygen atoms in total. The Morgan fingerprint density at radius 1 is 0.793 bits per heavy atom. The van der Waals surface area contributed by atoms with Gasteiger partial charge in [0.25, 0.3) is 5.91 Å². The Kier molecular flexibility index (Phi) is 6.74. The standard InChI is InChI=1S/C24H26N2O3/c1-25(2)20-11-9-19(10-12-20)17-26(21-13-15-22(28-3)16-14-21)24(27)18-29-23-7-5-4-6-8-23/h4-16H,17-18H2,1-3H3. The van der Waals surface area contributed by atoms with Gasteiger partial charge in [0.15, 0.2) is 6.61 Å². The molecule has 0 aliphatic carbocycles. The Morgan fingerprint density at radius 2 is 1.41 bits per heavy atom. The van der Waals surface area contributed by atoms with E-state index in [0.717, 1.165) is 22.7 Å². The molecule has 0 aliphatic heterocycles. The third-order valence-electron chi connectivity index (χ3n) is 4.58. The van der Waals surface area contributed by atoms with E-state index in [1.807, 2.05) is 97.9 Å². The summed E-state index contributed by atoms with van der Waals surface area (Å²) in [5.41, 5.74) is 2.95. The summed E-state index contributed by atoms with van der Waals surface area (Å²) in [5, 5.41) is 0. The lowest BCUT2D eigenvalue weighted by Crippen LogP contribution is -2.34. The van der Waals surface area contributed by atoms with Gasteiger partial charge in [0.1, 0.15) is 11.5 Å². The summed E-state index contributed by atoms with van der Waals surface area (Å²) in [6, 6.07) is 25.0. The molecule has 0 aromatic heterocycles. The van der Waals surface area contributed by atoms with Crippen molar-refractivity contribution in [2.45, 2.75) is 6.54 Å². The van der Waals surface area contributed by atoms with Crippen molar-refractivity contribution in [3.8, 4) is 11.5 Å². The van der Waals surface area contributed by atoms with Gasteiger partial charge in [-0.05, 0) is 54.1 Å². The number of ether oxygens (including phenoxy) is 2. The molecule has 29 heavy (non-hydrogen) atoms. The number of carbonyl (C=O) groups excluding carboxylic acids is 1. The van der Waals surface area contributed by atoms with Crippen molar-refractivity contribution in [1.29, 1.82) is 0 Å². The number of hydrogen-bond donors (Lipinski definition) is 0. The number of nitrogens with zero attached hydrogens (tertiary/aromatic N) is 2. The van der Waals surface area contributed by atoms with Gasteiger partial charge in [0.2, 0.25) is 0 Å². The first kappa shape index (κ1) is 20.3. The average Bonchev–Trinajstić information content (AvgIpc) is 2.77. The summed E-state index contributed by atoms with van der Waals surface area (Å²) in [5.74, 6) is 1.30. The van der Waals surface area contributed by atoms with Gasteiger partial charge >= 0.3 is 0 Å². The monoisotopic (exact) mass is 390 g/mol. The molecule has 0 saturated heterocycles. The van der Waals surface area contributed by atoms with Gasteiger partial charge in [-0.1, -0.05) is 30.3 Å². The van der Waals surface area contributed by atoms with E-state index in [1.165, 1.54) is 0 Å². The maximum Gasteiger partial charge on any atom is 0.265 e. The predicted octanol–water partition coefficient (Wildman–Crippen LogP) is 4.37. The number of anilines is 2. The summed E-state index contributed by atoms with van der Waals surface area (Å²) in [4.78, 5) is 16.8. The molecule has 3 aromatic carbocycles. The van der Waals surface area contributed by atoms with E-state index in [4.69, 9.17) is 9.47 Å². The lowest BCUT2D eigenvalue weighted by molar-refractivity contribution is -0.120. The number of para-hydroxylation sites is 1. The lowest BCUT2D eigenvalue weighted by atomic mass is 10.1. The summed E-state index contributed by atoms with van der Waals surface area (Å²) < 4.78 is 10.9. The molecular formula is C24H26N2O3. The van der Waals surface area contributed by atoms with E-state index in [9.17, 15) is 4.79 Å². The third kappa shape index (κ3) is 5.51. The van der Waals surface area contributed by atoms with Gasteiger partial charge in [0, 0.05) is 25.5 Å². The molecule has 0 heterocycles. The Bertz CT molecular complexity index is 907. The first-order chi connectivity index (χ1) is 14.1. The van der Waals surface area contributed by atoms with E-state index in [0.29, 0.717) is 12.3 Å². The number of hydrogen-bond acceptors (Lipinski definition) is 4. The first-order valence-corrected chi connectivity index (χ1v) is 9.45. The van der Waals surface area contributed by atoms with Crippen LogP contribution in [0.1, 0.15) is 5.56 Å². The molecule has 1 amide bonds. The number of rotatable bonds is 8. The van der Waals surface area contributed by atoms with Gasteiger partial charge < -0.3 is 19.3 Å². The van der Waals surface area contributed by atoms with Crippen molar-refractivity contribution in [3.05, 3.63) is 84.4 Å². The molecule has 150 valence electrons. The summed E-state index contributed by atoms with van der Waals surface area (Å²) in [6.45, 7) is 0.419. The Balaban J connectivity index is 1.79. The molecule has 0 atom stereocenters. The highest BCUT2D eigenvalue weighted by Gasteiger charge is 2.17. The fourth-order valence-electron chi connectivity index (χ4n) is 2.91. The fraction of sp³-hybridized carbons (Fsp3) is 0.208. The van der Waals surface area contributed by atoms with Crippen molar-refractivity contribution < 1.29 is 14.3 Å². The van der Waals surface area contributed by atoms with E-state index in [1.54, 1.807) is 12.0 Å². The van der Waals surface area contributed by atoms with Crippen molar-refractivity contribution in [3.63, 3.8) is 0 Å². The van der Waals surface area contributed by atoms with Crippen LogP contribution < -0.4 is 19.3 Å². The van der Waals surface area contributed by atoms with Crippen LogP contribution in [0, 0.1) is 0 Å². The lowest BCUT2D eigenvalue weighted by Gasteiger charge is -2.24. The second kappa shape index (κ2) is 9.64. The van der Waals surface area contributed by atoms with Crippen LogP contribution in [-0.2, 0) is 11.3 Å². The molecule has 0 bridgehead atoms. The SMILES string of the molecule is COc1ccc(N(Cc2ccc(N(C)C)cc2)C(=O)COc2ccccc2)cc1. The van der Waals surface area contributed by atoms with Crippen LogP contribution in [0.2, 0.25) is 0 Å². The minimum atomic E-state index is -0.115. The van der Waals surface area contributed by atoms with Crippen LogP contribution in [0.3, 0.4) is 0 Å². The molecule has 0 unspecified atom stereocenters. The van der Waals surface area contributed by atoms with Crippen molar-refractivity contribution in [2.24, 2.45) is 0 Å². The minimum Gasteiger partial charge on any atom is -0.497 e. The molecule has 0 fully saturated rings. The normalized spacial score (nSPS) is 10.3. The second-order valence-electron chi connectivity index (χ2n) is 6.84. The highest BCUT2D eigenvalue weighted by Crippen LogP contribution is 2.23. The van der Waals surface area contributed by atoms with Crippen LogP contribution in [-0.4, -0.2) is 33.7 Å². The maximum absolute atomic E-state index is 13.0. The van der Waals surface area contributed by atoms with E-state index in [-0.39, 0.29) is 12.5 Å². The third-order valence-corrected chi connectivity index (χ3v) is 4.58. The molecule has 3 rings (SSSR count). The second-order valence-corrected chi connectivity index (χ2v) is 6.84. The molecule has 0 aliphatic rings. The highest BCUT2D eigenvalue weighted by atomic mass is 16.5. The zero-order valence-corrected chi connectivity index (χ0v) is 17.0. The van der Waals surface area contributed by atoms with Crippen LogP contribution in [0.4, 0.5) is 11.4 Å². The maximum atomic E-state index is 13.0. The van der Waals surface area contributed by atoms with Crippen LogP contribution in [0.15, 0.2) is 78.9 Å². The van der Waals surface area contributed by atoms with Gasteiger partial charge in [-0.15, -0.1) is 0 Å². The summed E-state index contributed by atoms with van der Waals surface area (Å²) in [7, 11) is 5.63. The topological polar surface area (TPSA) is 42.0 Å². The van der Waals surface area contributed by atoms with E-state index < -0.39 is 0 Å². The molecule has 3 aromatic rings. The first-order valence-electron chi connectivity index (χ1n) is 9.45. The number of amides is 1. The molecule has 0 radical (unpaired) electrons. The zero-order chi connectivity index (χ0) is 20.6. The number of benzene rings is 3. The minimum absolute atomic E-state index is 0.0359. The Morgan fingerprint density at radius 3 is 2.00 bits per heavy atom. The Labute approximate surface area is 172 Å². The van der Waals surface area contributed by atoms with Gasteiger partial charge in [-0.25, -0.2) is 0 Å². The molecule has 0 saturated carbocycles. The largest absolute Gasteiger partial charge is 0.497 e. The number of methoxy groups -OCH3 is 1. The van der Waals surface area contributed by atoms with Crippen LogP contribution in [0.5, 0.6) is 11.5 Å². The van der Waals surface area contributed by atoms with E-state index in [2.05, 4.69) is 0 Å². The number of carbonyl (C=O) groups is 1. The predicted molar refractivity (Wildman–Crippen MR) is 117 cm³/mol. The summed E-state index contributed by atoms with van der Waals surface area (Å²) >= 11 is 0. The van der Waals surface area contributed by atoms with Crippen molar-refractivity contribution in [2.75, 3.05) is 37.6 Å². The van der Waals surface area contributed by atoms with Crippen molar-refractivity contribution in [1.82, 2.24) is 0 Å². The zero-order valence-electron chi connectivity index (χ0n) is 17.0. The highest BCUT2D eigenvalue weighted by molar-refractivity contribution is 5.94.